The first kappa shape index (κ1) is 14.6. The summed E-state index contributed by atoms with van der Waals surface area (Å²) in [6, 6.07) is 0.0785. The van der Waals surface area contributed by atoms with Gasteiger partial charge in [0.05, 0.1) is 6.20 Å². The number of nitrogens with one attached hydrogen (secondary N) is 1. The molecule has 3 rings (SSSR count). The summed E-state index contributed by atoms with van der Waals surface area (Å²) < 4.78 is 28.2. The van der Waals surface area contributed by atoms with E-state index in [-0.39, 0.29) is 22.8 Å². The molecule has 116 valence electrons. The third-order valence-electron chi connectivity index (χ3n) is 4.57. The largest absolute Gasteiger partial charge is 0.274 e. The number of amides is 1. The zero-order valence-electron chi connectivity index (χ0n) is 12.3. The number of carbonyl (C=O) groups excluding carboxylic acids is 1. The quantitative estimate of drug-likeness (QED) is 0.917. The zero-order chi connectivity index (χ0) is 15.2. The summed E-state index contributed by atoms with van der Waals surface area (Å²) in [6.45, 7) is 3.83. The number of sulfonamides is 1. The number of carbonyl (C=O) groups is 1. The Morgan fingerprint density at radius 2 is 2.10 bits per heavy atom. The number of hydrogen-bond acceptors (Lipinski definition) is 4. The number of hydrogen-bond donors (Lipinski definition) is 1. The van der Waals surface area contributed by atoms with Crippen molar-refractivity contribution in [1.29, 1.82) is 0 Å². The molecule has 0 spiro atoms. The van der Waals surface area contributed by atoms with Crippen LogP contribution in [0.25, 0.3) is 0 Å². The van der Waals surface area contributed by atoms with Gasteiger partial charge >= 0.3 is 0 Å². The van der Waals surface area contributed by atoms with Crippen molar-refractivity contribution >= 4 is 15.9 Å². The monoisotopic (exact) mass is 311 g/mol. The smallest absolute Gasteiger partial charge is 0.267 e. The summed E-state index contributed by atoms with van der Waals surface area (Å²) in [5.41, 5.74) is 0. The summed E-state index contributed by atoms with van der Waals surface area (Å²) in [5.74, 6) is 0.900. The lowest BCUT2D eigenvalue weighted by atomic mass is 9.89. The highest BCUT2D eigenvalue weighted by Gasteiger charge is 2.44. The molecule has 6 nitrogen and oxygen atoms in total. The maximum atomic E-state index is 12.2. The molecule has 21 heavy (non-hydrogen) atoms. The summed E-state index contributed by atoms with van der Waals surface area (Å²) >= 11 is 0. The lowest BCUT2D eigenvalue weighted by molar-refractivity contribution is -0.124. The molecule has 3 unspecified atom stereocenters. The van der Waals surface area contributed by atoms with Crippen LogP contribution in [0.3, 0.4) is 0 Å². The zero-order valence-corrected chi connectivity index (χ0v) is 13.1. The van der Waals surface area contributed by atoms with Crippen molar-refractivity contribution in [3.63, 3.8) is 0 Å². The van der Waals surface area contributed by atoms with Crippen LogP contribution in [0.5, 0.6) is 0 Å². The summed E-state index contributed by atoms with van der Waals surface area (Å²) in [7, 11) is -3.81. The fourth-order valence-electron chi connectivity index (χ4n) is 3.11. The van der Waals surface area contributed by atoms with Gasteiger partial charge in [-0.25, -0.2) is 13.1 Å². The van der Waals surface area contributed by atoms with Crippen LogP contribution in [0.4, 0.5) is 0 Å². The Kier molecular flexibility index (Phi) is 3.55. The minimum absolute atomic E-state index is 0.0460. The molecular formula is C14H21N3O3S. The minimum atomic E-state index is -3.81. The van der Waals surface area contributed by atoms with Gasteiger partial charge in [0.25, 0.3) is 10.0 Å². The predicted octanol–water partition coefficient (Wildman–Crippen LogP) is 1.71. The molecule has 2 aliphatic rings. The molecule has 0 aromatic carbocycles. The number of aromatic nitrogens is 2. The molecule has 0 aliphatic heterocycles. The van der Waals surface area contributed by atoms with Gasteiger partial charge in [-0.2, -0.15) is 5.10 Å². The average Bonchev–Trinajstić information content (AvgIpc) is 2.99. The second-order valence-corrected chi connectivity index (χ2v) is 8.17. The summed E-state index contributed by atoms with van der Waals surface area (Å²) in [5, 5.41) is 4.01. The van der Waals surface area contributed by atoms with Gasteiger partial charge in [-0.3, -0.25) is 9.48 Å². The molecule has 7 heteroatoms. The van der Waals surface area contributed by atoms with Crippen LogP contribution >= 0.6 is 0 Å². The Morgan fingerprint density at radius 1 is 1.33 bits per heavy atom. The topological polar surface area (TPSA) is 81.1 Å². The van der Waals surface area contributed by atoms with Crippen LogP contribution in [0.1, 0.15) is 45.6 Å². The third kappa shape index (κ3) is 2.97. The molecule has 1 amide bonds. The van der Waals surface area contributed by atoms with Crippen molar-refractivity contribution in [2.45, 2.75) is 50.5 Å². The SMILES string of the molecule is CC(C)n1cc(S(=O)(=O)NC(=O)C2CCC3CC3C2)cn1. The second kappa shape index (κ2) is 5.12. The van der Waals surface area contributed by atoms with Crippen molar-refractivity contribution in [3.05, 3.63) is 12.4 Å². The molecule has 2 fully saturated rings. The van der Waals surface area contributed by atoms with Gasteiger partial charge in [0, 0.05) is 18.2 Å². The highest BCUT2D eigenvalue weighted by Crippen LogP contribution is 2.51. The number of fused-ring (bicyclic) bond motifs is 1. The molecule has 3 atom stereocenters. The fourth-order valence-corrected chi connectivity index (χ4v) is 4.09. The van der Waals surface area contributed by atoms with E-state index >= 15 is 0 Å². The van der Waals surface area contributed by atoms with E-state index in [1.807, 2.05) is 13.8 Å². The van der Waals surface area contributed by atoms with Crippen LogP contribution in [0.2, 0.25) is 0 Å². The molecule has 1 aromatic rings. The first-order valence-corrected chi connectivity index (χ1v) is 8.96. The van der Waals surface area contributed by atoms with E-state index in [0.717, 1.165) is 25.2 Å². The van der Waals surface area contributed by atoms with Gasteiger partial charge in [0.15, 0.2) is 0 Å². The van der Waals surface area contributed by atoms with Crippen LogP contribution in [-0.2, 0) is 14.8 Å². The first-order valence-electron chi connectivity index (χ1n) is 7.47. The van der Waals surface area contributed by atoms with Crippen LogP contribution in [-0.4, -0.2) is 24.1 Å². The van der Waals surface area contributed by atoms with Gasteiger partial charge in [-0.05, 0) is 51.4 Å². The maximum Gasteiger partial charge on any atom is 0.267 e. The van der Waals surface area contributed by atoms with Crippen molar-refractivity contribution in [2.24, 2.45) is 17.8 Å². The predicted molar refractivity (Wildman–Crippen MR) is 76.9 cm³/mol. The normalized spacial score (nSPS) is 28.2. The van der Waals surface area contributed by atoms with Gasteiger partial charge in [0.1, 0.15) is 4.90 Å². The molecule has 0 radical (unpaired) electrons. The molecule has 0 bridgehead atoms. The highest BCUT2D eigenvalue weighted by atomic mass is 32.2. The van der Waals surface area contributed by atoms with E-state index < -0.39 is 10.0 Å². The van der Waals surface area contributed by atoms with Crippen molar-refractivity contribution in [1.82, 2.24) is 14.5 Å². The Balaban J connectivity index is 1.68. The van der Waals surface area contributed by atoms with E-state index in [1.165, 1.54) is 18.8 Å². The van der Waals surface area contributed by atoms with Crippen LogP contribution in [0.15, 0.2) is 17.3 Å². The molecule has 1 aromatic heterocycles. The van der Waals surface area contributed by atoms with Crippen molar-refractivity contribution in [3.8, 4) is 0 Å². The van der Waals surface area contributed by atoms with Crippen LogP contribution in [0, 0.1) is 17.8 Å². The average molecular weight is 311 g/mol. The Hall–Kier alpha value is -1.37. The first-order chi connectivity index (χ1) is 9.87. The second-order valence-electron chi connectivity index (χ2n) is 6.49. The van der Waals surface area contributed by atoms with Crippen molar-refractivity contribution in [2.75, 3.05) is 0 Å². The lowest BCUT2D eigenvalue weighted by Crippen LogP contribution is -2.36. The number of rotatable bonds is 4. The molecule has 2 saturated carbocycles. The van der Waals surface area contributed by atoms with E-state index in [4.69, 9.17) is 0 Å². The van der Waals surface area contributed by atoms with E-state index in [9.17, 15) is 13.2 Å². The molecular weight excluding hydrogens is 290 g/mol. The van der Waals surface area contributed by atoms with E-state index in [1.54, 1.807) is 4.68 Å². The third-order valence-corrected chi connectivity index (χ3v) is 5.87. The van der Waals surface area contributed by atoms with Crippen molar-refractivity contribution < 1.29 is 13.2 Å². The van der Waals surface area contributed by atoms with Gasteiger partial charge in [-0.1, -0.05) is 0 Å². The molecule has 2 aliphatic carbocycles. The van der Waals surface area contributed by atoms with Gasteiger partial charge in [-0.15, -0.1) is 0 Å². The maximum absolute atomic E-state index is 12.2. The highest BCUT2D eigenvalue weighted by molar-refractivity contribution is 7.90. The molecule has 1 N–H and O–H groups in total. The standard InChI is InChI=1S/C14H21N3O3S/c1-9(2)17-8-13(7-15-17)21(19,20)16-14(18)11-4-3-10-5-12(10)6-11/h7-12H,3-6H2,1-2H3,(H,16,18). The van der Waals surface area contributed by atoms with E-state index in [0.29, 0.717) is 5.92 Å². The van der Waals surface area contributed by atoms with Gasteiger partial charge < -0.3 is 0 Å². The van der Waals surface area contributed by atoms with Crippen LogP contribution < -0.4 is 4.72 Å². The Labute approximate surface area is 125 Å². The lowest BCUT2D eigenvalue weighted by Gasteiger charge is -2.20. The van der Waals surface area contributed by atoms with Gasteiger partial charge in [0.2, 0.25) is 5.91 Å². The fraction of sp³-hybridized carbons (Fsp3) is 0.714. The Morgan fingerprint density at radius 3 is 2.71 bits per heavy atom. The minimum Gasteiger partial charge on any atom is -0.274 e. The Bertz CT molecular complexity index is 650. The molecule has 0 saturated heterocycles. The van der Waals surface area contributed by atoms with E-state index in [2.05, 4.69) is 9.82 Å². The summed E-state index contributed by atoms with van der Waals surface area (Å²) in [6.07, 6.45) is 6.63. The molecule has 1 heterocycles. The number of nitrogens with zero attached hydrogens (tertiary/aromatic N) is 2. The summed E-state index contributed by atoms with van der Waals surface area (Å²) in [4.78, 5) is 12.2.